The molecular weight excluding hydrogens is 314 g/mol. The van der Waals surface area contributed by atoms with Crippen LogP contribution in [0.3, 0.4) is 0 Å². The Hall–Kier alpha value is -1.92. The first-order chi connectivity index (χ1) is 11.1. The van der Waals surface area contributed by atoms with Crippen molar-refractivity contribution >= 4 is 33.3 Å². The summed E-state index contributed by atoms with van der Waals surface area (Å²) < 4.78 is 6.23. The van der Waals surface area contributed by atoms with Gasteiger partial charge in [-0.05, 0) is 28.8 Å². The Balaban J connectivity index is 1.73. The summed E-state index contributed by atoms with van der Waals surface area (Å²) in [5.41, 5.74) is 0.0383. The lowest BCUT2D eigenvalue weighted by atomic mass is 9.88. The first kappa shape index (κ1) is 16.0. The number of aliphatic carboxylic acids is 1. The third-order valence-corrected chi connectivity index (χ3v) is 5.50. The summed E-state index contributed by atoms with van der Waals surface area (Å²) in [6.07, 6.45) is 0.749. The van der Waals surface area contributed by atoms with Crippen molar-refractivity contribution in [3.8, 4) is 0 Å². The molecule has 1 atom stereocenters. The molecule has 1 N–H and O–H groups in total. The van der Waals surface area contributed by atoms with Crippen LogP contribution < -0.4 is 0 Å². The first-order valence-corrected chi connectivity index (χ1v) is 8.39. The molecule has 1 unspecified atom stereocenters. The summed E-state index contributed by atoms with van der Waals surface area (Å²) in [6.45, 7) is 0.821. The maximum absolute atomic E-state index is 12.6. The number of rotatable bonds is 5. The van der Waals surface area contributed by atoms with E-state index in [1.807, 2.05) is 29.6 Å². The van der Waals surface area contributed by atoms with Crippen LogP contribution in [0.1, 0.15) is 12.0 Å². The average molecular weight is 333 g/mol. The molecule has 0 aliphatic carbocycles. The van der Waals surface area contributed by atoms with E-state index in [0.717, 1.165) is 15.6 Å². The number of fused-ring (bicyclic) bond motifs is 1. The molecule has 3 rings (SSSR count). The lowest BCUT2D eigenvalue weighted by Gasteiger charge is -2.23. The van der Waals surface area contributed by atoms with Crippen molar-refractivity contribution in [3.05, 3.63) is 35.2 Å². The average Bonchev–Trinajstić information content (AvgIpc) is 3.14. The van der Waals surface area contributed by atoms with Gasteiger partial charge in [0.1, 0.15) is 5.41 Å². The van der Waals surface area contributed by atoms with Gasteiger partial charge in [0.05, 0.1) is 13.0 Å². The lowest BCUT2D eigenvalue weighted by Crippen LogP contribution is -2.40. The fraction of sp³-hybridized carbons (Fsp3) is 0.412. The highest BCUT2D eigenvalue weighted by Gasteiger charge is 2.46. The minimum atomic E-state index is -0.971. The standard InChI is InChI=1S/C17H19NO4S/c1-22-11-17(16(20)21)6-7-18(10-17)15(19)8-12-9-23-14-5-3-2-4-13(12)14/h2-5,9H,6-8,10-11H2,1H3,(H,20,21). The van der Waals surface area contributed by atoms with E-state index in [9.17, 15) is 14.7 Å². The number of hydrogen-bond donors (Lipinski definition) is 1. The lowest BCUT2D eigenvalue weighted by molar-refractivity contribution is -0.151. The van der Waals surface area contributed by atoms with Crippen molar-refractivity contribution in [2.45, 2.75) is 12.8 Å². The first-order valence-electron chi connectivity index (χ1n) is 7.51. The van der Waals surface area contributed by atoms with E-state index >= 15 is 0 Å². The van der Waals surface area contributed by atoms with Crippen LogP contribution in [0.15, 0.2) is 29.6 Å². The van der Waals surface area contributed by atoms with Gasteiger partial charge in [-0.15, -0.1) is 11.3 Å². The van der Waals surface area contributed by atoms with Crippen LogP contribution in [0, 0.1) is 5.41 Å². The van der Waals surface area contributed by atoms with Crippen molar-refractivity contribution in [2.75, 3.05) is 26.8 Å². The molecule has 122 valence electrons. The van der Waals surface area contributed by atoms with Gasteiger partial charge in [-0.3, -0.25) is 9.59 Å². The van der Waals surface area contributed by atoms with E-state index in [1.165, 1.54) is 7.11 Å². The molecule has 1 aromatic carbocycles. The second-order valence-electron chi connectivity index (χ2n) is 6.02. The number of carbonyl (C=O) groups is 2. The van der Waals surface area contributed by atoms with Crippen LogP contribution in [0.2, 0.25) is 0 Å². The van der Waals surface area contributed by atoms with E-state index in [1.54, 1.807) is 16.2 Å². The third kappa shape index (κ3) is 2.96. The maximum Gasteiger partial charge on any atom is 0.313 e. The summed E-state index contributed by atoms with van der Waals surface area (Å²) in [7, 11) is 1.49. The van der Waals surface area contributed by atoms with Crippen LogP contribution in [0.4, 0.5) is 0 Å². The van der Waals surface area contributed by atoms with Crippen LogP contribution in [-0.2, 0) is 20.7 Å². The fourth-order valence-corrected chi connectivity index (χ4v) is 4.12. The van der Waals surface area contributed by atoms with Crippen LogP contribution >= 0.6 is 11.3 Å². The smallest absolute Gasteiger partial charge is 0.313 e. The fourth-order valence-electron chi connectivity index (χ4n) is 3.16. The molecule has 23 heavy (non-hydrogen) atoms. The molecule has 1 amide bonds. The van der Waals surface area contributed by atoms with Crippen molar-refractivity contribution < 1.29 is 19.4 Å². The van der Waals surface area contributed by atoms with E-state index in [4.69, 9.17) is 4.74 Å². The van der Waals surface area contributed by atoms with Crippen molar-refractivity contribution in [1.29, 1.82) is 0 Å². The van der Waals surface area contributed by atoms with Gasteiger partial charge < -0.3 is 14.7 Å². The summed E-state index contributed by atoms with van der Waals surface area (Å²) in [4.78, 5) is 25.8. The molecule has 6 heteroatoms. The van der Waals surface area contributed by atoms with Gasteiger partial charge in [-0.2, -0.15) is 0 Å². The molecule has 2 heterocycles. The molecule has 1 aliphatic heterocycles. The number of carbonyl (C=O) groups excluding carboxylic acids is 1. The molecule has 0 spiro atoms. The van der Waals surface area contributed by atoms with Gasteiger partial charge in [0.2, 0.25) is 5.91 Å². The van der Waals surface area contributed by atoms with Crippen molar-refractivity contribution in [2.24, 2.45) is 5.41 Å². The Morgan fingerprint density at radius 1 is 1.39 bits per heavy atom. The number of amides is 1. The number of benzene rings is 1. The number of nitrogens with zero attached hydrogens (tertiary/aromatic N) is 1. The van der Waals surface area contributed by atoms with Crippen molar-refractivity contribution in [3.63, 3.8) is 0 Å². The van der Waals surface area contributed by atoms with Gasteiger partial charge in [-0.25, -0.2) is 0 Å². The number of thiophene rings is 1. The quantitative estimate of drug-likeness (QED) is 0.912. The number of ether oxygens (including phenoxy) is 1. The number of carboxylic acids is 1. The van der Waals surface area contributed by atoms with E-state index in [0.29, 0.717) is 19.4 Å². The van der Waals surface area contributed by atoms with Crippen LogP contribution in [0.5, 0.6) is 0 Å². The zero-order valence-electron chi connectivity index (χ0n) is 12.9. The number of methoxy groups -OCH3 is 1. The predicted octanol–water partition coefficient (Wildman–Crippen LogP) is 2.39. The summed E-state index contributed by atoms with van der Waals surface area (Å²) >= 11 is 1.63. The van der Waals surface area contributed by atoms with Gasteiger partial charge in [0.25, 0.3) is 0 Å². The van der Waals surface area contributed by atoms with E-state index < -0.39 is 11.4 Å². The molecule has 1 fully saturated rings. The second-order valence-corrected chi connectivity index (χ2v) is 6.93. The molecule has 5 nitrogen and oxygen atoms in total. The van der Waals surface area contributed by atoms with Crippen LogP contribution in [0.25, 0.3) is 10.1 Å². The highest BCUT2D eigenvalue weighted by molar-refractivity contribution is 7.17. The van der Waals surface area contributed by atoms with Crippen LogP contribution in [-0.4, -0.2) is 48.7 Å². The van der Waals surface area contributed by atoms with E-state index in [-0.39, 0.29) is 19.1 Å². The molecule has 1 saturated heterocycles. The molecule has 0 radical (unpaired) electrons. The monoisotopic (exact) mass is 333 g/mol. The van der Waals surface area contributed by atoms with E-state index in [2.05, 4.69) is 0 Å². The van der Waals surface area contributed by atoms with Gasteiger partial charge in [0.15, 0.2) is 0 Å². The Labute approximate surface area is 138 Å². The normalized spacial score (nSPS) is 21.0. The summed E-state index contributed by atoms with van der Waals surface area (Å²) in [5, 5.41) is 12.6. The molecule has 0 saturated carbocycles. The van der Waals surface area contributed by atoms with Gasteiger partial charge >= 0.3 is 5.97 Å². The molecular formula is C17H19NO4S. The molecule has 1 aromatic heterocycles. The largest absolute Gasteiger partial charge is 0.481 e. The third-order valence-electron chi connectivity index (χ3n) is 4.48. The Morgan fingerprint density at radius 2 is 2.17 bits per heavy atom. The minimum absolute atomic E-state index is 0.0206. The summed E-state index contributed by atoms with van der Waals surface area (Å²) in [6, 6.07) is 8.01. The van der Waals surface area contributed by atoms with Gasteiger partial charge in [0, 0.05) is 24.9 Å². The molecule has 1 aliphatic rings. The Bertz CT molecular complexity index is 741. The Kier molecular flexibility index (Phi) is 4.37. The number of likely N-dealkylation sites (tertiary alicyclic amines) is 1. The zero-order chi connectivity index (χ0) is 16.4. The molecule has 0 bridgehead atoms. The highest BCUT2D eigenvalue weighted by atomic mass is 32.1. The molecule has 2 aromatic rings. The second kappa shape index (κ2) is 6.29. The van der Waals surface area contributed by atoms with Crippen molar-refractivity contribution in [1.82, 2.24) is 4.90 Å². The topological polar surface area (TPSA) is 66.8 Å². The number of hydrogen-bond acceptors (Lipinski definition) is 4. The number of carboxylic acid groups (broad SMARTS) is 1. The zero-order valence-corrected chi connectivity index (χ0v) is 13.8. The highest BCUT2D eigenvalue weighted by Crippen LogP contribution is 2.32. The summed E-state index contributed by atoms with van der Waals surface area (Å²) in [5.74, 6) is -0.914. The minimum Gasteiger partial charge on any atom is -0.481 e. The SMILES string of the molecule is COCC1(C(=O)O)CCN(C(=O)Cc2csc3ccccc23)C1. The predicted molar refractivity (Wildman–Crippen MR) is 88.7 cm³/mol. The van der Waals surface area contributed by atoms with Gasteiger partial charge in [-0.1, -0.05) is 18.2 Å². The Morgan fingerprint density at radius 3 is 2.91 bits per heavy atom. The maximum atomic E-state index is 12.6.